The summed E-state index contributed by atoms with van der Waals surface area (Å²) in [6.45, 7) is 2.33. The Morgan fingerprint density at radius 1 is 0.667 bits per heavy atom. The van der Waals surface area contributed by atoms with Crippen molar-refractivity contribution in [1.82, 2.24) is 0 Å². The highest BCUT2D eigenvalue weighted by Crippen LogP contribution is 2.55. The molecule has 0 radical (unpaired) electrons. The summed E-state index contributed by atoms with van der Waals surface area (Å²) in [4.78, 5) is 0. The van der Waals surface area contributed by atoms with Crippen LogP contribution in [-0.2, 0) is 0 Å². The third-order valence-electron chi connectivity index (χ3n) is 4.62. The predicted octanol–water partition coefficient (Wildman–Crippen LogP) is -0.189. The van der Waals surface area contributed by atoms with Gasteiger partial charge in [0.1, 0.15) is 0 Å². The minimum absolute atomic E-state index is 0.664. The van der Waals surface area contributed by atoms with Crippen LogP contribution in [0.1, 0.15) is 38.5 Å². The molecule has 0 aromatic heterocycles. The molecule has 2 bridgehead atoms. The molecule has 0 saturated heterocycles. The van der Waals surface area contributed by atoms with Crippen molar-refractivity contribution < 1.29 is 11.5 Å². The fraction of sp³-hybridized carbons (Fsp3) is 1.00. The van der Waals surface area contributed by atoms with Crippen LogP contribution in [0.15, 0.2) is 0 Å². The van der Waals surface area contributed by atoms with Crippen molar-refractivity contribution in [2.45, 2.75) is 38.5 Å². The number of rotatable bonds is 2. The Kier molecular flexibility index (Phi) is 1.92. The van der Waals surface area contributed by atoms with Crippen molar-refractivity contribution in [3.8, 4) is 0 Å². The van der Waals surface area contributed by atoms with Crippen LogP contribution in [0, 0.1) is 10.8 Å². The SMILES string of the molecule is [NH3+]CC12CCC(C[NH3+])(CC1)CC2. The molecule has 0 aliphatic heterocycles. The molecule has 3 saturated carbocycles. The minimum atomic E-state index is 0.664. The molecule has 0 unspecified atom stereocenters. The lowest BCUT2D eigenvalue weighted by atomic mass is 9.54. The Balaban J connectivity index is 2.09. The molecule has 70 valence electrons. The second-order valence-electron chi connectivity index (χ2n) is 5.00. The number of hydrogen-bond acceptors (Lipinski definition) is 0. The summed E-state index contributed by atoms with van der Waals surface area (Å²) in [6.07, 6.45) is 8.62. The van der Waals surface area contributed by atoms with Gasteiger partial charge in [-0.2, -0.15) is 0 Å². The van der Waals surface area contributed by atoms with Gasteiger partial charge in [-0.05, 0) is 38.5 Å². The van der Waals surface area contributed by atoms with Crippen LogP contribution in [0.3, 0.4) is 0 Å². The van der Waals surface area contributed by atoms with E-state index in [1.807, 2.05) is 0 Å². The van der Waals surface area contributed by atoms with Gasteiger partial charge in [-0.3, -0.25) is 0 Å². The molecule has 6 N–H and O–H groups in total. The van der Waals surface area contributed by atoms with E-state index in [-0.39, 0.29) is 0 Å². The number of fused-ring (bicyclic) bond motifs is 3. The van der Waals surface area contributed by atoms with Crippen LogP contribution >= 0.6 is 0 Å². The van der Waals surface area contributed by atoms with Gasteiger partial charge in [0.05, 0.1) is 13.1 Å². The molecule has 0 heterocycles. The molecule has 0 atom stereocenters. The van der Waals surface area contributed by atoms with Gasteiger partial charge in [-0.1, -0.05) is 0 Å². The summed E-state index contributed by atoms with van der Waals surface area (Å²) in [5.41, 5.74) is 9.55. The van der Waals surface area contributed by atoms with E-state index in [1.54, 1.807) is 0 Å². The average molecular weight is 170 g/mol. The fourth-order valence-corrected chi connectivity index (χ4v) is 3.09. The lowest BCUT2D eigenvalue weighted by Gasteiger charge is -2.50. The van der Waals surface area contributed by atoms with Crippen molar-refractivity contribution in [1.29, 1.82) is 0 Å². The maximum absolute atomic E-state index is 4.11. The Bertz CT molecular complexity index is 132. The van der Waals surface area contributed by atoms with E-state index < -0.39 is 0 Å². The average Bonchev–Trinajstić information content (AvgIpc) is 2.21. The normalized spacial score (nSPS) is 46.5. The fourth-order valence-electron chi connectivity index (χ4n) is 3.09. The van der Waals surface area contributed by atoms with E-state index in [2.05, 4.69) is 11.5 Å². The largest absolute Gasteiger partial charge is 0.357 e. The zero-order valence-corrected chi connectivity index (χ0v) is 8.07. The summed E-state index contributed by atoms with van der Waals surface area (Å²) >= 11 is 0. The molecule has 0 spiro atoms. The van der Waals surface area contributed by atoms with E-state index in [4.69, 9.17) is 0 Å². The lowest BCUT2D eigenvalue weighted by Crippen LogP contribution is -2.65. The molecule has 3 aliphatic rings. The highest BCUT2D eigenvalue weighted by Gasteiger charge is 2.49. The van der Waals surface area contributed by atoms with Crippen molar-refractivity contribution in [2.75, 3.05) is 13.1 Å². The van der Waals surface area contributed by atoms with Gasteiger partial charge in [0.25, 0.3) is 0 Å². The van der Waals surface area contributed by atoms with Crippen LogP contribution < -0.4 is 11.5 Å². The Labute approximate surface area is 74.7 Å². The lowest BCUT2D eigenvalue weighted by molar-refractivity contribution is -0.417. The molecule has 0 aromatic rings. The van der Waals surface area contributed by atoms with E-state index in [9.17, 15) is 0 Å². The van der Waals surface area contributed by atoms with Crippen LogP contribution in [0.5, 0.6) is 0 Å². The maximum Gasteiger partial charge on any atom is 0.0796 e. The first-order valence-electron chi connectivity index (χ1n) is 5.33. The summed E-state index contributed by atoms with van der Waals surface area (Å²) in [5.74, 6) is 0. The zero-order valence-electron chi connectivity index (χ0n) is 8.07. The third-order valence-corrected chi connectivity index (χ3v) is 4.62. The van der Waals surface area contributed by atoms with Gasteiger partial charge in [-0.25, -0.2) is 0 Å². The Morgan fingerprint density at radius 2 is 0.917 bits per heavy atom. The highest BCUT2D eigenvalue weighted by atomic mass is 14.7. The number of hydrogen-bond donors (Lipinski definition) is 2. The predicted molar refractivity (Wildman–Crippen MR) is 48.1 cm³/mol. The molecular formula is C10H22N2+2. The summed E-state index contributed by atoms with van der Waals surface area (Å²) < 4.78 is 0. The molecule has 3 aliphatic carbocycles. The smallest absolute Gasteiger partial charge is 0.0796 e. The molecule has 3 fully saturated rings. The summed E-state index contributed by atoms with van der Waals surface area (Å²) in [6, 6.07) is 0. The molecule has 0 aromatic carbocycles. The van der Waals surface area contributed by atoms with Gasteiger partial charge in [-0.15, -0.1) is 0 Å². The standard InChI is InChI=1S/C10H20N2/c11-7-9-1-2-10(8-12,5-3-9)6-4-9/h1-8,11-12H2/p+2. The van der Waals surface area contributed by atoms with Crippen LogP contribution in [0.4, 0.5) is 0 Å². The molecular weight excluding hydrogens is 148 g/mol. The molecule has 0 amide bonds. The molecule has 2 nitrogen and oxygen atoms in total. The minimum Gasteiger partial charge on any atom is -0.357 e. The van der Waals surface area contributed by atoms with E-state index in [0.717, 1.165) is 0 Å². The first-order valence-corrected chi connectivity index (χ1v) is 5.33. The van der Waals surface area contributed by atoms with Crippen molar-refractivity contribution in [2.24, 2.45) is 10.8 Å². The quantitative estimate of drug-likeness (QED) is 0.577. The second kappa shape index (κ2) is 2.71. The van der Waals surface area contributed by atoms with Gasteiger partial charge in [0.15, 0.2) is 0 Å². The van der Waals surface area contributed by atoms with Gasteiger partial charge < -0.3 is 11.5 Å². The van der Waals surface area contributed by atoms with Crippen molar-refractivity contribution in [3.05, 3.63) is 0 Å². The molecule has 12 heavy (non-hydrogen) atoms. The monoisotopic (exact) mass is 170 g/mol. The topological polar surface area (TPSA) is 55.3 Å². The highest BCUT2D eigenvalue weighted by molar-refractivity contribution is 4.98. The van der Waals surface area contributed by atoms with E-state index in [0.29, 0.717) is 10.8 Å². The van der Waals surface area contributed by atoms with Crippen LogP contribution in [0.2, 0.25) is 0 Å². The van der Waals surface area contributed by atoms with Crippen LogP contribution in [-0.4, -0.2) is 13.1 Å². The Morgan fingerprint density at radius 3 is 1.08 bits per heavy atom. The van der Waals surface area contributed by atoms with Gasteiger partial charge in [0.2, 0.25) is 0 Å². The number of quaternary nitrogens is 2. The van der Waals surface area contributed by atoms with Crippen molar-refractivity contribution >= 4 is 0 Å². The Hall–Kier alpha value is -0.0800. The third kappa shape index (κ3) is 1.09. The second-order valence-corrected chi connectivity index (χ2v) is 5.00. The van der Waals surface area contributed by atoms with Crippen molar-refractivity contribution in [3.63, 3.8) is 0 Å². The first kappa shape index (κ1) is 8.52. The van der Waals surface area contributed by atoms with Crippen LogP contribution in [0.25, 0.3) is 0 Å². The summed E-state index contributed by atoms with van der Waals surface area (Å²) in [7, 11) is 0. The zero-order chi connectivity index (χ0) is 8.66. The summed E-state index contributed by atoms with van der Waals surface area (Å²) in [5, 5.41) is 0. The van der Waals surface area contributed by atoms with Gasteiger partial charge in [0, 0.05) is 10.8 Å². The molecule has 2 heteroatoms. The first-order chi connectivity index (χ1) is 5.74. The van der Waals surface area contributed by atoms with E-state index >= 15 is 0 Å². The van der Waals surface area contributed by atoms with E-state index in [1.165, 1.54) is 51.6 Å². The maximum atomic E-state index is 4.11. The van der Waals surface area contributed by atoms with Gasteiger partial charge >= 0.3 is 0 Å². The molecule has 3 rings (SSSR count).